The Morgan fingerprint density at radius 1 is 1.28 bits per heavy atom. The molecule has 162 valence electrons. The topological polar surface area (TPSA) is 72.7 Å². The molecule has 0 aliphatic rings. The van der Waals surface area contributed by atoms with E-state index in [1.165, 1.54) is 0 Å². The fraction of sp³-hybridized carbons (Fsp3) is 0.474. The van der Waals surface area contributed by atoms with Crippen molar-refractivity contribution in [2.75, 3.05) is 19.7 Å². The average Bonchev–Trinajstić information content (AvgIpc) is 3.18. The fourth-order valence-electron chi connectivity index (χ4n) is 2.57. The van der Waals surface area contributed by atoms with Crippen molar-refractivity contribution in [2.45, 2.75) is 40.0 Å². The van der Waals surface area contributed by atoms with Crippen LogP contribution < -0.4 is 20.1 Å². The second-order valence-corrected chi connectivity index (χ2v) is 5.83. The lowest BCUT2D eigenvalue weighted by molar-refractivity contribution is -0.0520. The third-order valence-corrected chi connectivity index (χ3v) is 3.76. The molecule has 1 aromatic carbocycles. The van der Waals surface area contributed by atoms with E-state index in [9.17, 15) is 8.78 Å². The second-order valence-electron chi connectivity index (χ2n) is 5.83. The van der Waals surface area contributed by atoms with Crippen LogP contribution in [0.5, 0.6) is 11.5 Å². The Bertz CT molecular complexity index is 729. The van der Waals surface area contributed by atoms with Crippen LogP contribution in [0.25, 0.3) is 0 Å². The molecule has 0 radical (unpaired) electrons. The Balaban J connectivity index is 0.00000420. The average molecular weight is 523 g/mol. The van der Waals surface area contributed by atoms with Gasteiger partial charge in [-0.1, -0.05) is 12.1 Å². The minimum Gasteiger partial charge on any atom is -0.490 e. The number of hydrogen-bond donors (Lipinski definition) is 2. The molecule has 0 bridgehead atoms. The van der Waals surface area contributed by atoms with Crippen LogP contribution in [0.1, 0.15) is 25.8 Å². The molecule has 0 atom stereocenters. The van der Waals surface area contributed by atoms with E-state index < -0.39 is 6.61 Å². The van der Waals surface area contributed by atoms with Gasteiger partial charge in [0.2, 0.25) is 0 Å². The molecule has 2 aromatic rings. The second kappa shape index (κ2) is 14.0. The van der Waals surface area contributed by atoms with Crippen molar-refractivity contribution < 1.29 is 18.3 Å². The summed E-state index contributed by atoms with van der Waals surface area (Å²) in [5.74, 6) is 0.922. The maximum Gasteiger partial charge on any atom is 0.387 e. The Morgan fingerprint density at radius 2 is 2.10 bits per heavy atom. The van der Waals surface area contributed by atoms with Gasteiger partial charge in [0.15, 0.2) is 17.5 Å². The highest BCUT2D eigenvalue weighted by Gasteiger charge is 2.15. The molecule has 10 heteroatoms. The smallest absolute Gasteiger partial charge is 0.387 e. The zero-order valence-electron chi connectivity index (χ0n) is 16.6. The first-order valence-electron chi connectivity index (χ1n) is 9.31. The summed E-state index contributed by atoms with van der Waals surface area (Å²) in [5, 5.41) is 6.38. The SMILES string of the molecule is CCNC(=NCc1cccc(OCC)c1OC(F)F)NCCCn1ccnc1.I. The number of aryl methyl sites for hydroxylation is 1. The highest BCUT2D eigenvalue weighted by Crippen LogP contribution is 2.33. The predicted octanol–water partition coefficient (Wildman–Crippen LogP) is 3.65. The number of alkyl halides is 2. The molecular formula is C19H28F2IN5O2. The number of hydrogen-bond acceptors (Lipinski definition) is 4. The molecule has 0 saturated heterocycles. The minimum atomic E-state index is -2.93. The lowest BCUT2D eigenvalue weighted by Gasteiger charge is -2.15. The zero-order chi connectivity index (χ0) is 20.2. The first kappa shape index (κ1) is 24.9. The van der Waals surface area contributed by atoms with E-state index in [1.807, 2.05) is 17.7 Å². The molecule has 0 aliphatic carbocycles. The van der Waals surface area contributed by atoms with Gasteiger partial charge in [-0.15, -0.1) is 24.0 Å². The first-order chi connectivity index (χ1) is 13.6. The van der Waals surface area contributed by atoms with Crippen molar-refractivity contribution in [1.82, 2.24) is 20.2 Å². The molecule has 0 saturated carbocycles. The molecule has 0 aliphatic heterocycles. The van der Waals surface area contributed by atoms with Gasteiger partial charge in [0.05, 0.1) is 19.5 Å². The number of nitrogens with one attached hydrogen (secondary N) is 2. The monoisotopic (exact) mass is 523 g/mol. The van der Waals surface area contributed by atoms with Gasteiger partial charge in [0.1, 0.15) is 0 Å². The summed E-state index contributed by atoms with van der Waals surface area (Å²) >= 11 is 0. The van der Waals surface area contributed by atoms with Crippen molar-refractivity contribution in [1.29, 1.82) is 0 Å². The van der Waals surface area contributed by atoms with Gasteiger partial charge in [-0.2, -0.15) is 8.78 Å². The summed E-state index contributed by atoms with van der Waals surface area (Å²) in [6.07, 6.45) is 6.32. The molecule has 0 spiro atoms. The molecule has 1 heterocycles. The highest BCUT2D eigenvalue weighted by atomic mass is 127. The van der Waals surface area contributed by atoms with E-state index in [0.717, 1.165) is 13.0 Å². The molecule has 1 aromatic heterocycles. The maximum absolute atomic E-state index is 12.8. The zero-order valence-corrected chi connectivity index (χ0v) is 18.9. The van der Waals surface area contributed by atoms with Crippen molar-refractivity contribution in [3.63, 3.8) is 0 Å². The van der Waals surface area contributed by atoms with Crippen molar-refractivity contribution in [3.8, 4) is 11.5 Å². The Labute approximate surface area is 186 Å². The van der Waals surface area contributed by atoms with Crippen molar-refractivity contribution >= 4 is 29.9 Å². The normalized spacial score (nSPS) is 11.1. The Hall–Kier alpha value is -2.11. The van der Waals surface area contributed by atoms with E-state index in [0.29, 0.717) is 31.2 Å². The van der Waals surface area contributed by atoms with Crippen LogP contribution in [0.15, 0.2) is 41.9 Å². The van der Waals surface area contributed by atoms with Gasteiger partial charge >= 0.3 is 6.61 Å². The van der Waals surface area contributed by atoms with E-state index >= 15 is 0 Å². The van der Waals surface area contributed by atoms with Crippen LogP contribution in [0, 0.1) is 0 Å². The third-order valence-electron chi connectivity index (χ3n) is 3.76. The number of halogens is 3. The number of para-hydroxylation sites is 1. The Kier molecular flexibility index (Phi) is 12.0. The number of aliphatic imine (C=N–C) groups is 1. The standard InChI is InChI=1S/C19H27F2N5O2.HI/c1-3-23-19(24-9-6-11-26-12-10-22-14-26)25-13-15-7-5-8-16(27-4-2)17(15)28-18(20)21;/h5,7-8,10,12,14,18H,3-4,6,9,11,13H2,1-2H3,(H2,23,24,25);1H. The summed E-state index contributed by atoms with van der Waals surface area (Å²) in [5.41, 5.74) is 0.530. The van der Waals surface area contributed by atoms with E-state index in [4.69, 9.17) is 4.74 Å². The van der Waals surface area contributed by atoms with Gasteiger partial charge in [-0.3, -0.25) is 0 Å². The number of rotatable bonds is 11. The summed E-state index contributed by atoms with van der Waals surface area (Å²) in [6, 6.07) is 5.04. The van der Waals surface area contributed by atoms with Gasteiger partial charge in [0.25, 0.3) is 0 Å². The number of aromatic nitrogens is 2. The molecule has 2 N–H and O–H groups in total. The van der Waals surface area contributed by atoms with E-state index in [-0.39, 0.29) is 42.0 Å². The first-order valence-corrected chi connectivity index (χ1v) is 9.31. The van der Waals surface area contributed by atoms with Crippen molar-refractivity contribution in [3.05, 3.63) is 42.5 Å². The van der Waals surface area contributed by atoms with Crippen LogP contribution in [0.4, 0.5) is 8.78 Å². The lowest BCUT2D eigenvalue weighted by Crippen LogP contribution is -2.38. The van der Waals surface area contributed by atoms with Crippen LogP contribution in [0.3, 0.4) is 0 Å². The van der Waals surface area contributed by atoms with Gasteiger partial charge in [-0.05, 0) is 26.3 Å². The van der Waals surface area contributed by atoms with Crippen LogP contribution >= 0.6 is 24.0 Å². The number of imidazole rings is 1. The van der Waals surface area contributed by atoms with Gasteiger partial charge in [0, 0.05) is 37.6 Å². The molecule has 29 heavy (non-hydrogen) atoms. The lowest BCUT2D eigenvalue weighted by atomic mass is 10.2. The number of nitrogens with zero attached hydrogens (tertiary/aromatic N) is 3. The Morgan fingerprint density at radius 3 is 2.76 bits per heavy atom. The number of guanidine groups is 1. The van der Waals surface area contributed by atoms with Crippen LogP contribution in [-0.2, 0) is 13.1 Å². The van der Waals surface area contributed by atoms with E-state index in [1.54, 1.807) is 37.6 Å². The molecule has 2 rings (SSSR count). The van der Waals surface area contributed by atoms with E-state index in [2.05, 4.69) is 25.3 Å². The molecule has 0 fully saturated rings. The van der Waals surface area contributed by atoms with Crippen molar-refractivity contribution in [2.24, 2.45) is 4.99 Å². The molecule has 0 amide bonds. The molecule has 0 unspecified atom stereocenters. The van der Waals surface area contributed by atoms with Crippen LogP contribution in [-0.4, -0.2) is 41.8 Å². The third kappa shape index (κ3) is 8.84. The highest BCUT2D eigenvalue weighted by molar-refractivity contribution is 14.0. The summed E-state index contributed by atoms with van der Waals surface area (Å²) in [6.45, 7) is 3.59. The summed E-state index contributed by atoms with van der Waals surface area (Å²) in [7, 11) is 0. The van der Waals surface area contributed by atoms with Crippen LogP contribution in [0.2, 0.25) is 0 Å². The predicted molar refractivity (Wildman–Crippen MR) is 119 cm³/mol. The maximum atomic E-state index is 12.8. The van der Waals surface area contributed by atoms with Gasteiger partial charge in [-0.25, -0.2) is 9.98 Å². The number of benzene rings is 1. The van der Waals surface area contributed by atoms with Gasteiger partial charge < -0.3 is 24.7 Å². The molecule has 7 nitrogen and oxygen atoms in total. The fourth-order valence-corrected chi connectivity index (χ4v) is 2.57. The minimum absolute atomic E-state index is 0. The quantitative estimate of drug-likeness (QED) is 0.204. The summed E-state index contributed by atoms with van der Waals surface area (Å²) < 4.78 is 37.7. The largest absolute Gasteiger partial charge is 0.490 e. The number of ether oxygens (including phenoxy) is 2. The molecular weight excluding hydrogens is 495 g/mol. The summed E-state index contributed by atoms with van der Waals surface area (Å²) in [4.78, 5) is 8.49.